The van der Waals surface area contributed by atoms with Crippen molar-refractivity contribution in [1.82, 2.24) is 20.2 Å². The van der Waals surface area contributed by atoms with Crippen LogP contribution in [0.3, 0.4) is 0 Å². The molecule has 0 aliphatic heterocycles. The molecule has 1 N–H and O–H groups in total. The Kier molecular flexibility index (Phi) is 3.71. The zero-order valence-electron chi connectivity index (χ0n) is 10.3. The minimum Gasteiger partial charge on any atom is -0.388 e. The summed E-state index contributed by atoms with van der Waals surface area (Å²) in [4.78, 5) is 1.16. The highest BCUT2D eigenvalue weighted by Crippen LogP contribution is 2.33. The summed E-state index contributed by atoms with van der Waals surface area (Å²) < 4.78 is 50.8. The standard InChI is InChI=1S/C11H10F4N4O/c1-19-17-10(16-18-19)5-9(20)6-2-3-8(12)7(4-6)11(13,14)15/h2-4,9,20H,5H2,1H3. The van der Waals surface area contributed by atoms with Crippen molar-refractivity contribution in [1.29, 1.82) is 0 Å². The van der Waals surface area contributed by atoms with Gasteiger partial charge >= 0.3 is 6.18 Å². The molecule has 1 aromatic heterocycles. The first-order valence-corrected chi connectivity index (χ1v) is 5.55. The van der Waals surface area contributed by atoms with Crippen LogP contribution in [-0.2, 0) is 19.6 Å². The molecule has 5 nitrogen and oxygen atoms in total. The van der Waals surface area contributed by atoms with E-state index in [-0.39, 0.29) is 17.8 Å². The molecule has 0 aliphatic carbocycles. The van der Waals surface area contributed by atoms with Gasteiger partial charge in [0.05, 0.1) is 18.7 Å². The Morgan fingerprint density at radius 2 is 2.05 bits per heavy atom. The molecular weight excluding hydrogens is 280 g/mol. The minimum atomic E-state index is -4.81. The molecular formula is C11H10F4N4O. The van der Waals surface area contributed by atoms with Crippen molar-refractivity contribution in [3.8, 4) is 0 Å². The van der Waals surface area contributed by atoms with Gasteiger partial charge in [0.15, 0.2) is 5.82 Å². The molecule has 2 rings (SSSR count). The van der Waals surface area contributed by atoms with E-state index in [0.29, 0.717) is 12.1 Å². The quantitative estimate of drug-likeness (QED) is 0.873. The maximum atomic E-state index is 13.1. The van der Waals surface area contributed by atoms with Crippen LogP contribution in [0.2, 0.25) is 0 Å². The SMILES string of the molecule is Cn1nnc(CC(O)c2ccc(F)c(C(F)(F)F)c2)n1. The number of benzene rings is 1. The van der Waals surface area contributed by atoms with Crippen LogP contribution in [0.4, 0.5) is 17.6 Å². The highest BCUT2D eigenvalue weighted by molar-refractivity contribution is 5.29. The zero-order chi connectivity index (χ0) is 14.9. The maximum absolute atomic E-state index is 13.1. The van der Waals surface area contributed by atoms with E-state index in [4.69, 9.17) is 0 Å². The first-order valence-electron chi connectivity index (χ1n) is 5.55. The topological polar surface area (TPSA) is 63.8 Å². The molecule has 0 saturated carbocycles. The highest BCUT2D eigenvalue weighted by atomic mass is 19.4. The van der Waals surface area contributed by atoms with E-state index in [1.165, 1.54) is 7.05 Å². The fourth-order valence-corrected chi connectivity index (χ4v) is 1.66. The van der Waals surface area contributed by atoms with E-state index >= 15 is 0 Å². The number of alkyl halides is 3. The summed E-state index contributed by atoms with van der Waals surface area (Å²) >= 11 is 0. The number of halogens is 4. The highest BCUT2D eigenvalue weighted by Gasteiger charge is 2.34. The molecule has 1 aromatic carbocycles. The molecule has 0 amide bonds. The molecule has 0 saturated heterocycles. The Morgan fingerprint density at radius 1 is 1.35 bits per heavy atom. The van der Waals surface area contributed by atoms with Crippen LogP contribution in [0.5, 0.6) is 0 Å². The third kappa shape index (κ3) is 3.10. The van der Waals surface area contributed by atoms with Crippen molar-refractivity contribution in [3.05, 3.63) is 41.0 Å². The van der Waals surface area contributed by atoms with Crippen molar-refractivity contribution >= 4 is 0 Å². The normalized spacial score (nSPS) is 13.5. The fourth-order valence-electron chi connectivity index (χ4n) is 1.66. The Morgan fingerprint density at radius 3 is 2.60 bits per heavy atom. The Labute approximate surface area is 110 Å². The van der Waals surface area contributed by atoms with Crippen LogP contribution in [-0.4, -0.2) is 25.3 Å². The van der Waals surface area contributed by atoms with Gasteiger partial charge < -0.3 is 5.11 Å². The third-order valence-electron chi connectivity index (χ3n) is 2.61. The summed E-state index contributed by atoms with van der Waals surface area (Å²) in [6.07, 6.45) is -6.21. The van der Waals surface area contributed by atoms with Crippen LogP contribution in [0.15, 0.2) is 18.2 Å². The molecule has 20 heavy (non-hydrogen) atoms. The molecule has 1 heterocycles. The monoisotopic (exact) mass is 290 g/mol. The molecule has 108 valence electrons. The lowest BCUT2D eigenvalue weighted by Crippen LogP contribution is -2.11. The van der Waals surface area contributed by atoms with E-state index in [1.54, 1.807) is 0 Å². The van der Waals surface area contributed by atoms with Crippen molar-refractivity contribution < 1.29 is 22.7 Å². The van der Waals surface area contributed by atoms with Gasteiger partial charge in [0.25, 0.3) is 0 Å². The van der Waals surface area contributed by atoms with Crippen molar-refractivity contribution in [2.75, 3.05) is 0 Å². The number of aliphatic hydroxyl groups is 1. The van der Waals surface area contributed by atoms with E-state index in [0.717, 1.165) is 10.9 Å². The number of hydrogen-bond donors (Lipinski definition) is 1. The predicted octanol–water partition coefficient (Wildman–Crippen LogP) is 1.64. The lowest BCUT2D eigenvalue weighted by Gasteiger charge is -2.13. The van der Waals surface area contributed by atoms with Gasteiger partial charge in [0.2, 0.25) is 0 Å². The lowest BCUT2D eigenvalue weighted by atomic mass is 10.0. The second-order valence-electron chi connectivity index (χ2n) is 4.15. The average molecular weight is 290 g/mol. The van der Waals surface area contributed by atoms with Gasteiger partial charge in [-0.2, -0.15) is 18.0 Å². The van der Waals surface area contributed by atoms with Crippen molar-refractivity contribution in [3.63, 3.8) is 0 Å². The summed E-state index contributed by atoms with van der Waals surface area (Å²) in [6.45, 7) is 0. The Hall–Kier alpha value is -2.03. The van der Waals surface area contributed by atoms with E-state index in [9.17, 15) is 22.7 Å². The first-order chi connectivity index (χ1) is 9.27. The van der Waals surface area contributed by atoms with E-state index < -0.39 is 23.7 Å². The largest absolute Gasteiger partial charge is 0.419 e. The van der Waals surface area contributed by atoms with Crippen LogP contribution >= 0.6 is 0 Å². The van der Waals surface area contributed by atoms with Gasteiger partial charge in [0, 0.05) is 6.42 Å². The maximum Gasteiger partial charge on any atom is 0.419 e. The Bertz CT molecular complexity index is 611. The second-order valence-corrected chi connectivity index (χ2v) is 4.15. The smallest absolute Gasteiger partial charge is 0.388 e. The number of aryl methyl sites for hydroxylation is 1. The first kappa shape index (κ1) is 14.4. The van der Waals surface area contributed by atoms with Crippen LogP contribution in [0.1, 0.15) is 23.1 Å². The second kappa shape index (κ2) is 5.16. The van der Waals surface area contributed by atoms with Crippen LogP contribution < -0.4 is 0 Å². The zero-order valence-corrected chi connectivity index (χ0v) is 10.3. The van der Waals surface area contributed by atoms with Gasteiger partial charge in [-0.25, -0.2) is 4.39 Å². The number of aliphatic hydroxyl groups excluding tert-OH is 1. The number of aromatic nitrogens is 4. The molecule has 9 heteroatoms. The van der Waals surface area contributed by atoms with Crippen LogP contribution in [0, 0.1) is 5.82 Å². The number of nitrogens with zero attached hydrogens (tertiary/aromatic N) is 4. The van der Waals surface area contributed by atoms with Crippen molar-refractivity contribution in [2.45, 2.75) is 18.7 Å². The molecule has 0 radical (unpaired) electrons. The Balaban J connectivity index is 2.24. The molecule has 0 fully saturated rings. The fraction of sp³-hybridized carbons (Fsp3) is 0.364. The lowest BCUT2D eigenvalue weighted by molar-refractivity contribution is -0.140. The molecule has 0 spiro atoms. The molecule has 2 aromatic rings. The average Bonchev–Trinajstić information content (AvgIpc) is 2.73. The molecule has 0 bridgehead atoms. The number of tetrazole rings is 1. The molecule has 1 atom stereocenters. The van der Waals surface area contributed by atoms with Crippen LogP contribution in [0.25, 0.3) is 0 Å². The molecule has 0 aliphatic rings. The summed E-state index contributed by atoms with van der Waals surface area (Å²) in [5.74, 6) is -1.20. The van der Waals surface area contributed by atoms with E-state index in [1.807, 2.05) is 0 Å². The number of rotatable bonds is 3. The molecule has 1 unspecified atom stereocenters. The van der Waals surface area contributed by atoms with Gasteiger partial charge in [0.1, 0.15) is 5.82 Å². The van der Waals surface area contributed by atoms with Crippen molar-refractivity contribution in [2.24, 2.45) is 7.05 Å². The van der Waals surface area contributed by atoms with E-state index in [2.05, 4.69) is 15.4 Å². The summed E-state index contributed by atoms with van der Waals surface area (Å²) in [5, 5.41) is 20.8. The predicted molar refractivity (Wildman–Crippen MR) is 58.9 cm³/mol. The third-order valence-corrected chi connectivity index (χ3v) is 2.61. The minimum absolute atomic E-state index is 0.0637. The van der Waals surface area contributed by atoms with Gasteiger partial charge in [-0.1, -0.05) is 6.07 Å². The van der Waals surface area contributed by atoms with Gasteiger partial charge in [-0.15, -0.1) is 10.2 Å². The van der Waals surface area contributed by atoms with Gasteiger partial charge in [-0.05, 0) is 22.9 Å². The summed E-state index contributed by atoms with van der Waals surface area (Å²) in [6, 6.07) is 2.34. The summed E-state index contributed by atoms with van der Waals surface area (Å²) in [5.41, 5.74) is -1.48. The summed E-state index contributed by atoms with van der Waals surface area (Å²) in [7, 11) is 1.52. The number of hydrogen-bond acceptors (Lipinski definition) is 4. The van der Waals surface area contributed by atoms with Gasteiger partial charge in [-0.3, -0.25) is 0 Å².